The average molecular weight is 427 g/mol. The number of thiophene rings is 1. The predicted molar refractivity (Wildman–Crippen MR) is 116 cm³/mol. The standard InChI is InChI=1S/C21H16ClFN4OS/c22-17-13-8-7-12(23)11-16(13)29-18(17)21(28)26-19-20(27-9-3-4-10-27)25-15-6-2-1-5-14(15)24-19/h1-2,5-8,11H,3-4,9-10H2,(H,24,26,28). The summed E-state index contributed by atoms with van der Waals surface area (Å²) in [5, 5.41) is 3.87. The Bertz CT molecular complexity index is 1250. The van der Waals surface area contributed by atoms with Gasteiger partial charge in [0.05, 0.1) is 16.1 Å². The summed E-state index contributed by atoms with van der Waals surface area (Å²) in [7, 11) is 0. The fourth-order valence-electron chi connectivity index (χ4n) is 3.57. The molecule has 8 heteroatoms. The van der Waals surface area contributed by atoms with Crippen LogP contribution in [0.1, 0.15) is 22.5 Å². The maximum atomic E-state index is 13.5. The molecule has 1 saturated heterocycles. The number of hydrogen-bond donors (Lipinski definition) is 1. The number of halogens is 2. The van der Waals surface area contributed by atoms with E-state index in [1.54, 1.807) is 6.07 Å². The number of nitrogens with zero attached hydrogens (tertiary/aromatic N) is 3. The lowest BCUT2D eigenvalue weighted by molar-refractivity contribution is 0.103. The highest BCUT2D eigenvalue weighted by Gasteiger charge is 2.23. The fourth-order valence-corrected chi connectivity index (χ4v) is 5.01. The van der Waals surface area contributed by atoms with E-state index in [-0.39, 0.29) is 11.7 Å². The molecule has 0 saturated carbocycles. The molecule has 1 amide bonds. The highest BCUT2D eigenvalue weighted by molar-refractivity contribution is 7.21. The predicted octanol–water partition coefficient (Wildman–Crippen LogP) is 5.49. The molecular formula is C21H16ClFN4OS. The van der Waals surface area contributed by atoms with E-state index < -0.39 is 0 Å². The molecule has 5 nitrogen and oxygen atoms in total. The summed E-state index contributed by atoms with van der Waals surface area (Å²) in [4.78, 5) is 24.9. The first-order chi connectivity index (χ1) is 14.1. The van der Waals surface area contributed by atoms with Crippen molar-refractivity contribution in [1.29, 1.82) is 0 Å². The number of para-hydroxylation sites is 2. The van der Waals surface area contributed by atoms with E-state index in [0.717, 1.165) is 42.8 Å². The zero-order chi connectivity index (χ0) is 20.0. The van der Waals surface area contributed by atoms with Gasteiger partial charge in [-0.25, -0.2) is 14.4 Å². The van der Waals surface area contributed by atoms with Crippen molar-refractivity contribution in [3.63, 3.8) is 0 Å². The van der Waals surface area contributed by atoms with Crippen molar-refractivity contribution in [2.45, 2.75) is 12.8 Å². The second kappa shape index (κ2) is 7.24. The Morgan fingerprint density at radius 1 is 1.10 bits per heavy atom. The number of hydrogen-bond acceptors (Lipinski definition) is 5. The molecule has 1 N–H and O–H groups in total. The Hall–Kier alpha value is -2.77. The minimum absolute atomic E-state index is 0.318. The van der Waals surface area contributed by atoms with Crippen molar-refractivity contribution in [3.8, 4) is 0 Å². The molecule has 0 unspecified atom stereocenters. The van der Waals surface area contributed by atoms with E-state index in [1.165, 1.54) is 12.1 Å². The largest absolute Gasteiger partial charge is 0.354 e. The van der Waals surface area contributed by atoms with Crippen LogP contribution in [0.2, 0.25) is 5.02 Å². The highest BCUT2D eigenvalue weighted by atomic mass is 35.5. The van der Waals surface area contributed by atoms with Gasteiger partial charge in [0.25, 0.3) is 5.91 Å². The lowest BCUT2D eigenvalue weighted by Gasteiger charge is -2.20. The van der Waals surface area contributed by atoms with Crippen molar-refractivity contribution >= 4 is 61.6 Å². The second-order valence-corrected chi connectivity index (χ2v) is 8.35. The molecule has 0 aliphatic carbocycles. The first-order valence-corrected chi connectivity index (χ1v) is 10.5. The van der Waals surface area contributed by atoms with Gasteiger partial charge in [-0.15, -0.1) is 11.3 Å². The van der Waals surface area contributed by atoms with Crippen LogP contribution >= 0.6 is 22.9 Å². The lowest BCUT2D eigenvalue weighted by atomic mass is 10.2. The Labute approximate surface area is 175 Å². The summed E-state index contributed by atoms with van der Waals surface area (Å²) in [6.45, 7) is 1.75. The number of carbonyl (C=O) groups is 1. The summed E-state index contributed by atoms with van der Waals surface area (Å²) in [6, 6.07) is 11.9. The number of benzene rings is 2. The normalized spacial score (nSPS) is 14.1. The van der Waals surface area contributed by atoms with Gasteiger partial charge in [-0.3, -0.25) is 4.79 Å². The van der Waals surface area contributed by atoms with E-state index >= 15 is 0 Å². The number of nitrogens with one attached hydrogen (secondary N) is 1. The molecule has 1 aliphatic heterocycles. The molecule has 0 bridgehead atoms. The highest BCUT2D eigenvalue weighted by Crippen LogP contribution is 2.37. The van der Waals surface area contributed by atoms with Crippen LogP contribution in [0.4, 0.5) is 16.0 Å². The van der Waals surface area contributed by atoms with Crippen molar-refractivity contribution in [2.24, 2.45) is 0 Å². The molecule has 1 fully saturated rings. The minimum Gasteiger partial charge on any atom is -0.354 e. The maximum absolute atomic E-state index is 13.5. The van der Waals surface area contributed by atoms with Gasteiger partial charge in [0, 0.05) is 23.2 Å². The van der Waals surface area contributed by atoms with E-state index in [4.69, 9.17) is 16.6 Å². The molecule has 0 spiro atoms. The number of anilines is 2. The van der Waals surface area contributed by atoms with Crippen LogP contribution in [-0.2, 0) is 0 Å². The molecule has 0 atom stereocenters. The fraction of sp³-hybridized carbons (Fsp3) is 0.190. The Balaban J connectivity index is 1.56. The monoisotopic (exact) mass is 426 g/mol. The number of carbonyl (C=O) groups excluding carboxylic acids is 1. The van der Waals surface area contributed by atoms with Crippen LogP contribution in [0, 0.1) is 5.82 Å². The quantitative estimate of drug-likeness (QED) is 0.470. The Morgan fingerprint density at radius 2 is 1.83 bits per heavy atom. The molecule has 4 aromatic rings. The van der Waals surface area contributed by atoms with Crippen molar-refractivity contribution in [2.75, 3.05) is 23.3 Å². The minimum atomic E-state index is -0.373. The summed E-state index contributed by atoms with van der Waals surface area (Å²) in [5.74, 6) is 0.342. The summed E-state index contributed by atoms with van der Waals surface area (Å²) in [5.41, 5.74) is 1.48. The van der Waals surface area contributed by atoms with Crippen LogP contribution in [-0.4, -0.2) is 29.0 Å². The Kier molecular flexibility index (Phi) is 4.56. The summed E-state index contributed by atoms with van der Waals surface area (Å²) in [6.07, 6.45) is 2.16. The summed E-state index contributed by atoms with van der Waals surface area (Å²) >= 11 is 7.57. The third-order valence-corrected chi connectivity index (χ3v) is 6.64. The molecule has 2 aromatic heterocycles. The number of aromatic nitrogens is 2. The van der Waals surface area contributed by atoms with Crippen LogP contribution in [0.25, 0.3) is 21.1 Å². The molecule has 3 heterocycles. The summed E-state index contributed by atoms with van der Waals surface area (Å²) < 4.78 is 14.2. The van der Waals surface area contributed by atoms with Crippen LogP contribution in [0.15, 0.2) is 42.5 Å². The van der Waals surface area contributed by atoms with Gasteiger partial charge in [-0.2, -0.15) is 0 Å². The van der Waals surface area contributed by atoms with Gasteiger partial charge in [0.1, 0.15) is 10.7 Å². The van der Waals surface area contributed by atoms with Crippen LogP contribution in [0.5, 0.6) is 0 Å². The SMILES string of the molecule is O=C(Nc1nc2ccccc2nc1N1CCCC1)c1sc2cc(F)ccc2c1Cl. The van der Waals surface area contributed by atoms with Crippen LogP contribution < -0.4 is 10.2 Å². The topological polar surface area (TPSA) is 58.1 Å². The van der Waals surface area contributed by atoms with E-state index in [2.05, 4.69) is 15.2 Å². The zero-order valence-electron chi connectivity index (χ0n) is 15.3. The van der Waals surface area contributed by atoms with E-state index in [0.29, 0.717) is 37.1 Å². The first kappa shape index (κ1) is 18.3. The van der Waals surface area contributed by atoms with Gasteiger partial charge in [0.15, 0.2) is 11.6 Å². The maximum Gasteiger partial charge on any atom is 0.268 e. The van der Waals surface area contributed by atoms with E-state index in [9.17, 15) is 9.18 Å². The molecule has 5 rings (SSSR count). The first-order valence-electron chi connectivity index (χ1n) is 9.31. The van der Waals surface area contributed by atoms with Gasteiger partial charge in [-0.05, 0) is 43.2 Å². The molecule has 146 valence electrons. The molecule has 2 aromatic carbocycles. The second-order valence-electron chi connectivity index (χ2n) is 6.92. The zero-order valence-corrected chi connectivity index (χ0v) is 16.9. The molecule has 0 radical (unpaired) electrons. The number of fused-ring (bicyclic) bond motifs is 2. The van der Waals surface area contributed by atoms with Gasteiger partial charge in [-0.1, -0.05) is 23.7 Å². The number of rotatable bonds is 3. The van der Waals surface area contributed by atoms with Gasteiger partial charge >= 0.3 is 0 Å². The third-order valence-electron chi connectivity index (χ3n) is 4.99. The molecular weight excluding hydrogens is 411 g/mol. The molecule has 1 aliphatic rings. The van der Waals surface area contributed by atoms with Gasteiger partial charge in [0.2, 0.25) is 0 Å². The molecule has 29 heavy (non-hydrogen) atoms. The number of amides is 1. The van der Waals surface area contributed by atoms with E-state index in [1.807, 2.05) is 24.3 Å². The van der Waals surface area contributed by atoms with Crippen molar-refractivity contribution in [1.82, 2.24) is 9.97 Å². The van der Waals surface area contributed by atoms with Crippen molar-refractivity contribution < 1.29 is 9.18 Å². The van der Waals surface area contributed by atoms with Crippen molar-refractivity contribution in [3.05, 3.63) is 58.2 Å². The third kappa shape index (κ3) is 3.30. The smallest absolute Gasteiger partial charge is 0.268 e. The van der Waals surface area contributed by atoms with Gasteiger partial charge < -0.3 is 10.2 Å². The average Bonchev–Trinajstić information content (AvgIpc) is 3.36. The Morgan fingerprint density at radius 3 is 2.59 bits per heavy atom. The lowest BCUT2D eigenvalue weighted by Crippen LogP contribution is -2.23. The van der Waals surface area contributed by atoms with Crippen LogP contribution in [0.3, 0.4) is 0 Å².